The summed E-state index contributed by atoms with van der Waals surface area (Å²) in [5.74, 6) is -0.517. The molecule has 5 rings (SSSR count). The van der Waals surface area contributed by atoms with E-state index in [4.69, 9.17) is 14.2 Å². The number of anilines is 1. The minimum atomic E-state index is -1.14. The molecule has 0 bridgehead atoms. The molecule has 12 heteroatoms. The average Bonchev–Trinajstić information content (AvgIpc) is 3.41. The molecule has 1 amide bonds. The first-order chi connectivity index (χ1) is 16.5. The van der Waals surface area contributed by atoms with Gasteiger partial charge in [0.15, 0.2) is 23.7 Å². The number of aliphatic hydroxyl groups is 2. The van der Waals surface area contributed by atoms with Crippen LogP contribution in [0.3, 0.4) is 0 Å². The van der Waals surface area contributed by atoms with E-state index in [1.165, 1.54) is 10.9 Å². The first kappa shape index (κ1) is 22.6. The van der Waals surface area contributed by atoms with Crippen molar-refractivity contribution in [2.45, 2.75) is 50.1 Å². The van der Waals surface area contributed by atoms with Crippen LogP contribution in [0.4, 0.5) is 5.95 Å². The van der Waals surface area contributed by atoms with Crippen LogP contribution in [0.15, 0.2) is 41.5 Å². The van der Waals surface area contributed by atoms with Crippen LogP contribution < -0.4 is 10.9 Å². The van der Waals surface area contributed by atoms with E-state index in [1.54, 1.807) is 30.3 Å². The Morgan fingerprint density at radius 2 is 2.12 bits per heavy atom. The number of carbonyl (C=O) groups is 1. The number of H-pyrrole nitrogens is 1. The molecule has 3 aromatic rings. The van der Waals surface area contributed by atoms with Gasteiger partial charge >= 0.3 is 0 Å². The second-order valence-corrected chi connectivity index (χ2v) is 8.19. The van der Waals surface area contributed by atoms with Gasteiger partial charge in [0.05, 0.1) is 12.9 Å². The van der Waals surface area contributed by atoms with Gasteiger partial charge in [-0.05, 0) is 31.4 Å². The van der Waals surface area contributed by atoms with E-state index in [2.05, 4.69) is 20.3 Å². The highest BCUT2D eigenvalue weighted by Gasteiger charge is 2.47. The molecule has 4 heterocycles. The molecule has 0 aliphatic carbocycles. The second-order valence-electron chi connectivity index (χ2n) is 8.19. The monoisotopic (exact) mass is 471 g/mol. The van der Waals surface area contributed by atoms with Crippen molar-refractivity contribution >= 4 is 23.0 Å². The highest BCUT2D eigenvalue weighted by Crippen LogP contribution is 2.35. The van der Waals surface area contributed by atoms with Gasteiger partial charge in [0, 0.05) is 12.2 Å². The molecular formula is C22H25N5O7. The Hall–Kier alpha value is -3.16. The maximum Gasteiger partial charge on any atom is 0.280 e. The molecule has 2 fully saturated rings. The van der Waals surface area contributed by atoms with E-state index in [9.17, 15) is 19.8 Å². The summed E-state index contributed by atoms with van der Waals surface area (Å²) in [6.07, 6.45) is -0.532. The van der Waals surface area contributed by atoms with Crippen LogP contribution in [-0.2, 0) is 14.2 Å². The summed E-state index contributed by atoms with van der Waals surface area (Å²) in [4.78, 5) is 36.2. The number of aliphatic hydroxyl groups excluding tert-OH is 2. The summed E-state index contributed by atoms with van der Waals surface area (Å²) in [6, 6.07) is 8.50. The summed E-state index contributed by atoms with van der Waals surface area (Å²) in [7, 11) is 0. The number of benzene rings is 1. The highest BCUT2D eigenvalue weighted by molar-refractivity contribution is 6.03. The molecule has 5 atom stereocenters. The van der Waals surface area contributed by atoms with E-state index in [1.807, 2.05) is 0 Å². The van der Waals surface area contributed by atoms with Gasteiger partial charge in [-0.2, -0.15) is 4.98 Å². The molecule has 2 aliphatic rings. The third-order valence-electron chi connectivity index (χ3n) is 5.91. The average molecular weight is 471 g/mol. The number of carbonyl (C=O) groups excluding carboxylic acids is 1. The van der Waals surface area contributed by atoms with Crippen molar-refractivity contribution < 1.29 is 29.2 Å². The lowest BCUT2D eigenvalue weighted by Gasteiger charge is -2.29. The fraction of sp³-hybridized carbons (Fsp3) is 0.455. The third kappa shape index (κ3) is 4.33. The summed E-state index contributed by atoms with van der Waals surface area (Å²) >= 11 is 0. The topological polar surface area (TPSA) is 161 Å². The predicted molar refractivity (Wildman–Crippen MR) is 118 cm³/mol. The quantitative estimate of drug-likeness (QED) is 0.402. The molecule has 0 spiro atoms. The first-order valence-corrected chi connectivity index (χ1v) is 11.1. The van der Waals surface area contributed by atoms with Crippen LogP contribution >= 0.6 is 0 Å². The van der Waals surface area contributed by atoms with E-state index >= 15 is 0 Å². The molecule has 0 saturated carbocycles. The molecule has 1 aromatic carbocycles. The minimum absolute atomic E-state index is 0.0240. The fourth-order valence-corrected chi connectivity index (χ4v) is 4.17. The lowest BCUT2D eigenvalue weighted by Crippen LogP contribution is -2.39. The number of imidazole rings is 1. The number of nitrogens with one attached hydrogen (secondary N) is 2. The Bertz CT molecular complexity index is 1210. The van der Waals surface area contributed by atoms with Crippen LogP contribution in [0, 0.1) is 0 Å². The van der Waals surface area contributed by atoms with Crippen molar-refractivity contribution in [3.63, 3.8) is 0 Å². The summed E-state index contributed by atoms with van der Waals surface area (Å²) < 4.78 is 19.0. The first-order valence-electron chi connectivity index (χ1n) is 11.1. The maximum absolute atomic E-state index is 12.6. The molecule has 12 nitrogen and oxygen atoms in total. The van der Waals surface area contributed by atoms with Gasteiger partial charge in [-0.1, -0.05) is 18.2 Å². The van der Waals surface area contributed by atoms with Crippen molar-refractivity contribution in [1.29, 1.82) is 0 Å². The molecule has 2 aromatic heterocycles. The largest absolute Gasteiger partial charge is 0.394 e. The predicted octanol–water partition coefficient (Wildman–Crippen LogP) is 0.534. The number of ether oxygens (including phenoxy) is 3. The molecule has 1 unspecified atom stereocenters. The van der Waals surface area contributed by atoms with Crippen LogP contribution in [0.2, 0.25) is 0 Å². The standard InChI is InChI=1S/C22H25N5O7/c28-10-13-16(29)17(34-14-8-4-5-9-32-14)21(33-13)27-11-23-15-18(27)24-22(26-20(15)31)25-19(30)12-6-2-1-3-7-12/h1-3,6-7,11,13-14,16-17,21,28-29H,4-5,8-10H2,(H2,24,25,26,30,31)/t13-,14?,16-,17-,21-/m1/s1. The number of aromatic amines is 1. The Morgan fingerprint density at radius 1 is 1.29 bits per heavy atom. The van der Waals surface area contributed by atoms with Crippen LogP contribution in [-0.4, -0.2) is 73.5 Å². The van der Waals surface area contributed by atoms with Gasteiger partial charge in [0.25, 0.3) is 11.5 Å². The Labute approximate surface area is 193 Å². The molecular weight excluding hydrogens is 446 g/mol. The Morgan fingerprint density at radius 3 is 2.85 bits per heavy atom. The lowest BCUT2D eigenvalue weighted by atomic mass is 10.1. The third-order valence-corrected chi connectivity index (χ3v) is 5.91. The zero-order valence-electron chi connectivity index (χ0n) is 18.2. The number of rotatable bonds is 6. The van der Waals surface area contributed by atoms with E-state index in [0.29, 0.717) is 18.6 Å². The molecule has 2 aliphatic heterocycles. The SMILES string of the molecule is O=C(Nc1nc2c(ncn2[C@@H]2O[C@H](CO)[C@@H](O)[C@H]2OC2CCCCO2)c(=O)[nH]1)c1ccccc1. The molecule has 34 heavy (non-hydrogen) atoms. The van der Waals surface area contributed by atoms with Gasteiger partial charge in [-0.15, -0.1) is 0 Å². The van der Waals surface area contributed by atoms with Crippen molar-refractivity contribution in [2.24, 2.45) is 0 Å². The van der Waals surface area contributed by atoms with Gasteiger partial charge < -0.3 is 24.4 Å². The van der Waals surface area contributed by atoms with Crippen LogP contribution in [0.1, 0.15) is 35.8 Å². The number of nitrogens with zero attached hydrogens (tertiary/aromatic N) is 3. The number of aromatic nitrogens is 4. The Balaban J connectivity index is 1.46. The number of hydrogen-bond donors (Lipinski definition) is 4. The molecule has 180 valence electrons. The summed E-state index contributed by atoms with van der Waals surface area (Å²) in [5.41, 5.74) is -0.0119. The highest BCUT2D eigenvalue weighted by atomic mass is 16.7. The van der Waals surface area contributed by atoms with Crippen LogP contribution in [0.5, 0.6) is 0 Å². The molecule has 2 saturated heterocycles. The number of hydrogen-bond acceptors (Lipinski definition) is 9. The van der Waals surface area contributed by atoms with Gasteiger partial charge in [0.2, 0.25) is 5.95 Å². The van der Waals surface area contributed by atoms with E-state index < -0.39 is 48.9 Å². The number of fused-ring (bicyclic) bond motifs is 1. The fourth-order valence-electron chi connectivity index (χ4n) is 4.17. The van der Waals surface area contributed by atoms with Crippen molar-refractivity contribution in [3.8, 4) is 0 Å². The normalized spacial score (nSPS) is 27.2. The summed E-state index contributed by atoms with van der Waals surface area (Å²) in [6.45, 7) is 0.125. The second kappa shape index (κ2) is 9.60. The van der Waals surface area contributed by atoms with Gasteiger partial charge in [-0.3, -0.25) is 24.5 Å². The van der Waals surface area contributed by atoms with Gasteiger partial charge in [-0.25, -0.2) is 4.98 Å². The number of amides is 1. The van der Waals surface area contributed by atoms with Crippen LogP contribution in [0.25, 0.3) is 11.2 Å². The van der Waals surface area contributed by atoms with Crippen molar-refractivity contribution in [1.82, 2.24) is 19.5 Å². The van der Waals surface area contributed by atoms with E-state index in [0.717, 1.165) is 12.8 Å². The molecule has 4 N–H and O–H groups in total. The Kier molecular flexibility index (Phi) is 6.39. The van der Waals surface area contributed by atoms with Crippen molar-refractivity contribution in [3.05, 3.63) is 52.6 Å². The lowest BCUT2D eigenvalue weighted by molar-refractivity contribution is -0.215. The van der Waals surface area contributed by atoms with Crippen molar-refractivity contribution in [2.75, 3.05) is 18.5 Å². The zero-order valence-corrected chi connectivity index (χ0v) is 18.2. The smallest absolute Gasteiger partial charge is 0.280 e. The molecule has 0 radical (unpaired) electrons. The van der Waals surface area contributed by atoms with Gasteiger partial charge in [0.1, 0.15) is 18.3 Å². The maximum atomic E-state index is 12.6. The minimum Gasteiger partial charge on any atom is -0.394 e. The van der Waals surface area contributed by atoms with E-state index in [-0.39, 0.29) is 17.1 Å². The summed E-state index contributed by atoms with van der Waals surface area (Å²) in [5, 5.41) is 23.0. The zero-order chi connectivity index (χ0) is 23.7.